The number of alkyl halides is 3. The fourth-order valence-corrected chi connectivity index (χ4v) is 4.01. The quantitative estimate of drug-likeness (QED) is 0.402. The highest BCUT2D eigenvalue weighted by Crippen LogP contribution is 2.34. The summed E-state index contributed by atoms with van der Waals surface area (Å²) in [6.45, 7) is 4.64. The molecule has 1 fully saturated rings. The van der Waals surface area contributed by atoms with E-state index in [9.17, 15) is 28.1 Å². The van der Waals surface area contributed by atoms with Crippen molar-refractivity contribution < 1.29 is 22.9 Å². The van der Waals surface area contributed by atoms with Crippen LogP contribution in [0.2, 0.25) is 0 Å². The molecule has 0 aliphatic carbocycles. The highest BCUT2D eigenvalue weighted by Gasteiger charge is 2.36. The monoisotopic (exact) mass is 434 g/mol. The molecule has 0 N–H and O–H groups in total. The number of amides is 1. The Balaban J connectivity index is 0.00000136. The zero-order valence-corrected chi connectivity index (χ0v) is 16.6. The lowest BCUT2D eigenvalue weighted by Crippen LogP contribution is -2.48. The van der Waals surface area contributed by atoms with Crippen molar-refractivity contribution in [1.82, 2.24) is 9.29 Å². The minimum atomic E-state index is -4.54. The van der Waals surface area contributed by atoms with Crippen molar-refractivity contribution in [3.8, 4) is 0 Å². The fourth-order valence-electron chi connectivity index (χ4n) is 2.23. The van der Waals surface area contributed by atoms with Crippen LogP contribution in [0.25, 0.3) is 0 Å². The van der Waals surface area contributed by atoms with Crippen molar-refractivity contribution in [3.05, 3.63) is 45.5 Å². The van der Waals surface area contributed by atoms with Crippen molar-refractivity contribution in [2.75, 3.05) is 24.5 Å². The molecule has 0 unspecified atom stereocenters. The van der Waals surface area contributed by atoms with Gasteiger partial charge in [-0.05, 0) is 24.1 Å². The molecule has 0 saturated carbocycles. The maximum Gasteiger partial charge on any atom is 0.434 e. The first-order valence-electron chi connectivity index (χ1n) is 8.24. The van der Waals surface area contributed by atoms with Crippen molar-refractivity contribution in [1.29, 1.82) is 0 Å². The van der Waals surface area contributed by atoms with E-state index in [0.29, 0.717) is 6.54 Å². The molecule has 1 aliphatic heterocycles. The Hall–Kier alpha value is -2.18. The van der Waals surface area contributed by atoms with Gasteiger partial charge in [0.25, 0.3) is 5.69 Å². The van der Waals surface area contributed by atoms with Crippen LogP contribution in [0.5, 0.6) is 0 Å². The number of anilines is 1. The lowest BCUT2D eigenvalue weighted by molar-refractivity contribution is -0.384. The second kappa shape index (κ2) is 9.34. The van der Waals surface area contributed by atoms with Gasteiger partial charge in [-0.1, -0.05) is 13.8 Å². The summed E-state index contributed by atoms with van der Waals surface area (Å²) in [5, 5.41) is 11.6. The maximum absolute atomic E-state index is 12.6. The van der Waals surface area contributed by atoms with Gasteiger partial charge < -0.3 is 0 Å². The lowest BCUT2D eigenvalue weighted by Gasteiger charge is -2.31. The van der Waals surface area contributed by atoms with Gasteiger partial charge >= 0.3 is 6.18 Å². The zero-order chi connectivity index (χ0) is 20.9. The third-order valence-corrected chi connectivity index (χ3v) is 5.40. The first-order valence-corrected chi connectivity index (χ1v) is 9.90. The molecule has 2 heterocycles. The van der Waals surface area contributed by atoms with Gasteiger partial charge in [0.15, 0.2) is 10.8 Å². The van der Waals surface area contributed by atoms with Gasteiger partial charge in [-0.25, -0.2) is 9.29 Å². The Labute approximate surface area is 167 Å². The van der Waals surface area contributed by atoms with E-state index >= 15 is 0 Å². The first kappa shape index (κ1) is 22.1. The van der Waals surface area contributed by atoms with E-state index < -0.39 is 16.8 Å². The van der Waals surface area contributed by atoms with Gasteiger partial charge in [-0.3, -0.25) is 19.8 Å². The predicted molar refractivity (Wildman–Crippen MR) is 101 cm³/mol. The highest BCUT2D eigenvalue weighted by molar-refractivity contribution is 7.97. The molecule has 1 saturated heterocycles. The van der Waals surface area contributed by atoms with E-state index in [2.05, 4.69) is 4.98 Å². The molecule has 1 aromatic heterocycles. The van der Waals surface area contributed by atoms with Gasteiger partial charge in [0.05, 0.1) is 11.5 Å². The Morgan fingerprint density at radius 2 is 1.86 bits per heavy atom. The molecule has 7 nitrogen and oxygen atoms in total. The predicted octanol–water partition coefficient (Wildman–Crippen LogP) is 4.45. The molecule has 2 aromatic rings. The highest BCUT2D eigenvalue weighted by atomic mass is 32.2. The van der Waals surface area contributed by atoms with Crippen molar-refractivity contribution in [2.24, 2.45) is 0 Å². The number of nitrogens with zero attached hydrogens (tertiary/aromatic N) is 4. The largest absolute Gasteiger partial charge is 0.434 e. The SMILES string of the molecule is CC.O=C1CN(Sc2ccc([N+](=O)[O-])cc2)CCN1c1nc(C(F)(F)F)cs1. The second-order valence-electron chi connectivity index (χ2n) is 5.26. The number of nitro groups is 1. The normalized spacial score (nSPS) is 15.2. The smallest absolute Gasteiger partial charge is 0.286 e. The van der Waals surface area contributed by atoms with E-state index in [1.807, 2.05) is 13.8 Å². The molecule has 0 spiro atoms. The van der Waals surface area contributed by atoms with Crippen LogP contribution in [-0.2, 0) is 11.0 Å². The van der Waals surface area contributed by atoms with Crippen LogP contribution in [0.3, 0.4) is 0 Å². The summed E-state index contributed by atoms with van der Waals surface area (Å²) in [7, 11) is 0. The number of aromatic nitrogens is 1. The number of piperazine rings is 1. The Morgan fingerprint density at radius 3 is 2.36 bits per heavy atom. The lowest BCUT2D eigenvalue weighted by atomic mass is 10.3. The van der Waals surface area contributed by atoms with Gasteiger partial charge in [0.1, 0.15) is 0 Å². The zero-order valence-electron chi connectivity index (χ0n) is 15.0. The summed E-state index contributed by atoms with van der Waals surface area (Å²) >= 11 is 2.04. The van der Waals surface area contributed by atoms with E-state index in [-0.39, 0.29) is 29.8 Å². The van der Waals surface area contributed by atoms with Crippen LogP contribution >= 0.6 is 23.3 Å². The number of hydrogen-bond donors (Lipinski definition) is 0. The number of benzene rings is 1. The summed E-state index contributed by atoms with van der Waals surface area (Å²) in [5.41, 5.74) is -1.03. The average molecular weight is 434 g/mol. The molecule has 0 bridgehead atoms. The van der Waals surface area contributed by atoms with Crippen LogP contribution in [0.1, 0.15) is 19.5 Å². The number of halogens is 3. The van der Waals surface area contributed by atoms with Crippen LogP contribution in [0.4, 0.5) is 24.0 Å². The van der Waals surface area contributed by atoms with Crippen LogP contribution in [-0.4, -0.2) is 39.8 Å². The van der Waals surface area contributed by atoms with Crippen molar-refractivity contribution >= 4 is 40.0 Å². The van der Waals surface area contributed by atoms with Crippen molar-refractivity contribution in [3.63, 3.8) is 0 Å². The summed E-state index contributed by atoms with van der Waals surface area (Å²) < 4.78 is 39.7. The van der Waals surface area contributed by atoms with Gasteiger partial charge in [-0.15, -0.1) is 11.3 Å². The first-order chi connectivity index (χ1) is 13.2. The van der Waals surface area contributed by atoms with Crippen LogP contribution < -0.4 is 4.90 Å². The number of hydrogen-bond acceptors (Lipinski definition) is 7. The molecule has 0 radical (unpaired) electrons. The number of non-ortho nitro benzene ring substituents is 1. The number of nitro benzene ring substituents is 1. The van der Waals surface area contributed by atoms with Crippen LogP contribution in [0, 0.1) is 10.1 Å². The molecule has 1 aromatic carbocycles. The molecule has 3 rings (SSSR count). The maximum atomic E-state index is 12.6. The number of carbonyl (C=O) groups excluding carboxylic acids is 1. The second-order valence-corrected chi connectivity index (χ2v) is 7.27. The van der Waals surface area contributed by atoms with E-state index in [0.717, 1.165) is 21.6 Å². The minimum Gasteiger partial charge on any atom is -0.286 e. The topological polar surface area (TPSA) is 79.6 Å². The molecule has 1 amide bonds. The summed E-state index contributed by atoms with van der Waals surface area (Å²) in [4.78, 5) is 27.9. The van der Waals surface area contributed by atoms with Crippen LogP contribution in [0.15, 0.2) is 34.5 Å². The standard InChI is InChI=1S/C14H11F3N4O3S2.C2H6/c15-14(16,17)11-8-25-13(18-11)20-6-5-19(7-12(20)22)26-10-3-1-9(2-4-10)21(23)24;1-2/h1-4,8H,5-7H2;1-2H3. The van der Waals surface area contributed by atoms with E-state index in [1.165, 1.54) is 29.0 Å². The number of carbonyl (C=O) groups is 1. The van der Waals surface area contributed by atoms with Gasteiger partial charge in [-0.2, -0.15) is 13.2 Å². The minimum absolute atomic E-state index is 0.00256. The molecule has 0 atom stereocenters. The number of thiazole rings is 1. The van der Waals surface area contributed by atoms with Crippen molar-refractivity contribution in [2.45, 2.75) is 24.9 Å². The molecule has 152 valence electrons. The summed E-state index contributed by atoms with van der Waals surface area (Å²) in [6, 6.07) is 5.90. The molecular formula is C16H17F3N4O3S2. The van der Waals surface area contributed by atoms with Gasteiger partial charge in [0, 0.05) is 35.5 Å². The summed E-state index contributed by atoms with van der Waals surface area (Å²) in [6.07, 6.45) is -4.54. The van der Waals surface area contributed by atoms with E-state index in [4.69, 9.17) is 0 Å². The number of rotatable bonds is 4. The summed E-state index contributed by atoms with van der Waals surface area (Å²) in [5.74, 6) is -0.353. The Kier molecular flexibility index (Phi) is 7.38. The molecular weight excluding hydrogens is 417 g/mol. The Morgan fingerprint density at radius 1 is 1.21 bits per heavy atom. The Bertz CT molecular complexity index is 827. The average Bonchev–Trinajstić information content (AvgIpc) is 3.14. The fraction of sp³-hybridized carbons (Fsp3) is 0.375. The third kappa shape index (κ3) is 5.42. The molecule has 1 aliphatic rings. The molecule has 28 heavy (non-hydrogen) atoms. The van der Waals surface area contributed by atoms with Gasteiger partial charge in [0.2, 0.25) is 5.91 Å². The third-order valence-electron chi connectivity index (χ3n) is 3.48. The van der Waals surface area contributed by atoms with E-state index in [1.54, 1.807) is 16.4 Å². The molecule has 12 heteroatoms.